The number of benzene rings is 2. The number of aryl methyl sites for hydroxylation is 1. The molecule has 0 atom stereocenters. The van der Waals surface area contributed by atoms with Crippen molar-refractivity contribution < 1.29 is 14.3 Å². The van der Waals surface area contributed by atoms with E-state index >= 15 is 0 Å². The van der Waals surface area contributed by atoms with Crippen LogP contribution in [-0.4, -0.2) is 43.0 Å². The van der Waals surface area contributed by atoms with Crippen molar-refractivity contribution in [2.24, 2.45) is 5.92 Å². The first-order chi connectivity index (χ1) is 13.6. The molecule has 0 radical (unpaired) electrons. The molecule has 0 aliphatic carbocycles. The van der Waals surface area contributed by atoms with E-state index in [0.717, 1.165) is 43.6 Å². The summed E-state index contributed by atoms with van der Waals surface area (Å²) < 4.78 is 5.31. The lowest BCUT2D eigenvalue weighted by molar-refractivity contribution is -0.134. The van der Waals surface area contributed by atoms with E-state index in [1.165, 1.54) is 5.56 Å². The summed E-state index contributed by atoms with van der Waals surface area (Å²) in [5.74, 6) is 0.932. The molecule has 1 saturated heterocycles. The van der Waals surface area contributed by atoms with E-state index in [1.807, 2.05) is 34.9 Å². The predicted octanol–water partition coefficient (Wildman–Crippen LogP) is 3.20. The number of piperidine rings is 1. The highest BCUT2D eigenvalue weighted by molar-refractivity contribution is 5.89. The summed E-state index contributed by atoms with van der Waals surface area (Å²) >= 11 is 0. The van der Waals surface area contributed by atoms with Crippen molar-refractivity contribution in [3.05, 3.63) is 59.7 Å². The zero-order chi connectivity index (χ0) is 19.5. The SMILES string of the molecule is Cc1ccc2c(c1)N(CC(=O)N1CCC(Cc3ccccc3)CC1)CC(=O)O2. The minimum Gasteiger partial charge on any atom is -0.423 e. The third-order valence-electron chi connectivity index (χ3n) is 5.66. The van der Waals surface area contributed by atoms with E-state index in [0.29, 0.717) is 11.7 Å². The zero-order valence-electron chi connectivity index (χ0n) is 16.3. The molecule has 0 saturated carbocycles. The average molecular weight is 378 g/mol. The maximum Gasteiger partial charge on any atom is 0.331 e. The van der Waals surface area contributed by atoms with Gasteiger partial charge < -0.3 is 14.5 Å². The Morgan fingerprint density at radius 2 is 1.86 bits per heavy atom. The Kier molecular flexibility index (Phi) is 5.33. The standard InChI is InChI=1S/C23H26N2O3/c1-17-7-8-21-20(13-17)25(16-23(27)28-21)15-22(26)24-11-9-19(10-12-24)14-18-5-3-2-4-6-18/h2-8,13,19H,9-12,14-16H2,1H3. The summed E-state index contributed by atoms with van der Waals surface area (Å²) in [6.45, 7) is 3.90. The lowest BCUT2D eigenvalue weighted by atomic mass is 9.90. The molecular formula is C23H26N2O3. The molecular weight excluding hydrogens is 352 g/mol. The summed E-state index contributed by atoms with van der Waals surface area (Å²) in [6.07, 6.45) is 3.13. The first-order valence-corrected chi connectivity index (χ1v) is 9.96. The lowest BCUT2D eigenvalue weighted by Crippen LogP contribution is -2.47. The van der Waals surface area contributed by atoms with Crippen LogP contribution in [0, 0.1) is 12.8 Å². The van der Waals surface area contributed by atoms with Gasteiger partial charge in [-0.3, -0.25) is 4.79 Å². The van der Waals surface area contributed by atoms with Crippen LogP contribution in [0.2, 0.25) is 0 Å². The fourth-order valence-corrected chi connectivity index (χ4v) is 4.10. The number of anilines is 1. The van der Waals surface area contributed by atoms with Gasteiger partial charge in [-0.15, -0.1) is 0 Å². The smallest absolute Gasteiger partial charge is 0.331 e. The van der Waals surface area contributed by atoms with Crippen LogP contribution in [0.3, 0.4) is 0 Å². The molecule has 146 valence electrons. The van der Waals surface area contributed by atoms with Crippen molar-refractivity contribution >= 4 is 17.6 Å². The fourth-order valence-electron chi connectivity index (χ4n) is 4.10. The van der Waals surface area contributed by atoms with Crippen molar-refractivity contribution in [3.63, 3.8) is 0 Å². The Bertz CT molecular complexity index is 857. The number of likely N-dealkylation sites (tertiary alicyclic amines) is 1. The topological polar surface area (TPSA) is 49.9 Å². The molecule has 0 bridgehead atoms. The molecule has 2 heterocycles. The Morgan fingerprint density at radius 1 is 1.11 bits per heavy atom. The Labute approximate surface area is 165 Å². The molecule has 1 fully saturated rings. The molecule has 0 aromatic heterocycles. The number of amides is 1. The van der Waals surface area contributed by atoms with Gasteiger partial charge in [0.05, 0.1) is 12.2 Å². The quantitative estimate of drug-likeness (QED) is 0.606. The highest BCUT2D eigenvalue weighted by Gasteiger charge is 2.29. The van der Waals surface area contributed by atoms with Gasteiger partial charge in [-0.05, 0) is 55.4 Å². The molecule has 2 aromatic carbocycles. The van der Waals surface area contributed by atoms with Crippen molar-refractivity contribution in [3.8, 4) is 5.75 Å². The van der Waals surface area contributed by atoms with Gasteiger partial charge in [-0.25, -0.2) is 4.79 Å². The van der Waals surface area contributed by atoms with Crippen LogP contribution in [0.5, 0.6) is 5.75 Å². The molecule has 0 N–H and O–H groups in total. The number of hydrogen-bond donors (Lipinski definition) is 0. The number of rotatable bonds is 4. The van der Waals surface area contributed by atoms with E-state index in [2.05, 4.69) is 24.3 Å². The molecule has 4 rings (SSSR count). The second kappa shape index (κ2) is 8.05. The molecule has 1 amide bonds. The Hall–Kier alpha value is -2.82. The number of nitrogens with zero attached hydrogens (tertiary/aromatic N) is 2. The van der Waals surface area contributed by atoms with Crippen LogP contribution in [0.25, 0.3) is 0 Å². The van der Waals surface area contributed by atoms with Crippen LogP contribution < -0.4 is 9.64 Å². The van der Waals surface area contributed by atoms with Crippen LogP contribution in [0.1, 0.15) is 24.0 Å². The number of esters is 1. The fraction of sp³-hybridized carbons (Fsp3) is 0.391. The first kappa shape index (κ1) is 18.5. The second-order valence-electron chi connectivity index (χ2n) is 7.82. The maximum absolute atomic E-state index is 12.9. The number of hydrogen-bond acceptors (Lipinski definition) is 4. The van der Waals surface area contributed by atoms with E-state index < -0.39 is 0 Å². The summed E-state index contributed by atoms with van der Waals surface area (Å²) in [4.78, 5) is 28.6. The van der Waals surface area contributed by atoms with E-state index in [-0.39, 0.29) is 25.0 Å². The van der Waals surface area contributed by atoms with Crippen molar-refractivity contribution in [1.82, 2.24) is 4.90 Å². The highest BCUT2D eigenvalue weighted by atomic mass is 16.5. The van der Waals surface area contributed by atoms with Crippen molar-refractivity contribution in [2.45, 2.75) is 26.2 Å². The van der Waals surface area contributed by atoms with Crippen LogP contribution in [0.4, 0.5) is 5.69 Å². The van der Waals surface area contributed by atoms with Crippen molar-refractivity contribution in [2.75, 3.05) is 31.1 Å². The van der Waals surface area contributed by atoms with Gasteiger partial charge in [0.2, 0.25) is 5.91 Å². The molecule has 2 aliphatic rings. The molecule has 2 aromatic rings. The lowest BCUT2D eigenvalue weighted by Gasteiger charge is -2.35. The second-order valence-corrected chi connectivity index (χ2v) is 7.82. The minimum absolute atomic E-state index is 0.0836. The van der Waals surface area contributed by atoms with Crippen LogP contribution in [-0.2, 0) is 16.0 Å². The monoisotopic (exact) mass is 378 g/mol. The van der Waals surface area contributed by atoms with E-state index in [4.69, 9.17) is 4.74 Å². The molecule has 2 aliphatic heterocycles. The molecule has 5 heteroatoms. The highest BCUT2D eigenvalue weighted by Crippen LogP contribution is 2.33. The average Bonchev–Trinajstić information content (AvgIpc) is 2.70. The van der Waals surface area contributed by atoms with Gasteiger partial charge in [0.15, 0.2) is 5.75 Å². The summed E-state index contributed by atoms with van der Waals surface area (Å²) in [6, 6.07) is 16.2. The number of carbonyl (C=O) groups is 2. The predicted molar refractivity (Wildman–Crippen MR) is 108 cm³/mol. The minimum atomic E-state index is -0.314. The van der Waals surface area contributed by atoms with E-state index in [1.54, 1.807) is 6.07 Å². The van der Waals surface area contributed by atoms with Crippen molar-refractivity contribution in [1.29, 1.82) is 0 Å². The molecule has 28 heavy (non-hydrogen) atoms. The Balaban J connectivity index is 1.35. The molecule has 0 spiro atoms. The van der Waals surface area contributed by atoms with Gasteiger partial charge in [-0.1, -0.05) is 36.4 Å². The van der Waals surface area contributed by atoms with Gasteiger partial charge in [0.25, 0.3) is 0 Å². The van der Waals surface area contributed by atoms with Crippen LogP contribution >= 0.6 is 0 Å². The molecule has 5 nitrogen and oxygen atoms in total. The summed E-state index contributed by atoms with van der Waals surface area (Å²) in [5, 5.41) is 0. The third kappa shape index (κ3) is 4.19. The van der Waals surface area contributed by atoms with E-state index in [9.17, 15) is 9.59 Å². The normalized spacial score (nSPS) is 17.2. The third-order valence-corrected chi connectivity index (χ3v) is 5.66. The number of carbonyl (C=O) groups excluding carboxylic acids is 2. The maximum atomic E-state index is 12.9. The molecule has 0 unspecified atom stereocenters. The summed E-state index contributed by atoms with van der Waals surface area (Å²) in [7, 11) is 0. The van der Waals surface area contributed by atoms with Gasteiger partial charge in [0, 0.05) is 13.1 Å². The number of ether oxygens (including phenoxy) is 1. The Morgan fingerprint density at radius 3 is 2.61 bits per heavy atom. The largest absolute Gasteiger partial charge is 0.423 e. The number of fused-ring (bicyclic) bond motifs is 1. The zero-order valence-corrected chi connectivity index (χ0v) is 16.3. The van der Waals surface area contributed by atoms with Gasteiger partial charge in [0.1, 0.15) is 6.54 Å². The van der Waals surface area contributed by atoms with Crippen LogP contribution in [0.15, 0.2) is 48.5 Å². The summed E-state index contributed by atoms with van der Waals surface area (Å²) in [5.41, 5.74) is 3.27. The van der Waals surface area contributed by atoms with Gasteiger partial charge in [-0.2, -0.15) is 0 Å². The van der Waals surface area contributed by atoms with Gasteiger partial charge >= 0.3 is 5.97 Å². The first-order valence-electron chi connectivity index (χ1n) is 9.96.